The number of pyridine rings is 1. The van der Waals surface area contributed by atoms with Crippen LogP contribution in [0.3, 0.4) is 0 Å². The molecule has 0 aromatic carbocycles. The van der Waals surface area contributed by atoms with Gasteiger partial charge in [0.2, 0.25) is 0 Å². The van der Waals surface area contributed by atoms with Crippen molar-refractivity contribution in [1.82, 2.24) is 9.71 Å². The van der Waals surface area contributed by atoms with Crippen molar-refractivity contribution in [2.45, 2.75) is 29.3 Å². The van der Waals surface area contributed by atoms with E-state index in [2.05, 4.69) is 4.98 Å². The van der Waals surface area contributed by atoms with E-state index in [0.29, 0.717) is 5.69 Å². The summed E-state index contributed by atoms with van der Waals surface area (Å²) in [5.74, 6) is -1.54. The SMILES string of the molecule is N#Cc1cc2c(nc1N1CCC(F)(C(=O)NS(=O)(=O)c3ccc(Cl)s3)CC1)COC2=O. The number of carbonyl (C=O) groups excluding carboxylic acids is 2. The zero-order chi connectivity index (χ0) is 22.4. The van der Waals surface area contributed by atoms with Gasteiger partial charge < -0.3 is 9.64 Å². The summed E-state index contributed by atoms with van der Waals surface area (Å²) < 4.78 is 46.6. The van der Waals surface area contributed by atoms with Crippen molar-refractivity contribution in [3.8, 4) is 6.07 Å². The predicted molar refractivity (Wildman–Crippen MR) is 108 cm³/mol. The van der Waals surface area contributed by atoms with Crippen molar-refractivity contribution >= 4 is 50.7 Å². The van der Waals surface area contributed by atoms with E-state index in [9.17, 15) is 23.3 Å². The number of piperidine rings is 1. The summed E-state index contributed by atoms with van der Waals surface area (Å²) in [6.07, 6.45) is -0.614. The maximum Gasteiger partial charge on any atom is 0.340 e. The fourth-order valence-corrected chi connectivity index (χ4v) is 5.89. The third kappa shape index (κ3) is 3.96. The molecule has 13 heteroatoms. The number of anilines is 1. The number of hydrogen-bond acceptors (Lipinski definition) is 9. The van der Waals surface area contributed by atoms with Gasteiger partial charge in [0, 0.05) is 25.9 Å². The molecule has 0 spiro atoms. The highest BCUT2D eigenvalue weighted by molar-refractivity contribution is 7.92. The molecule has 2 aliphatic rings. The molecule has 31 heavy (non-hydrogen) atoms. The second-order valence-electron chi connectivity index (χ2n) is 6.99. The molecule has 4 heterocycles. The maximum absolute atomic E-state index is 15.3. The standard InChI is InChI=1S/C18H14ClFN4O5S2/c19-13-1-2-14(30-13)31(27,28)23-17(26)18(20)3-5-24(6-4-18)15-10(8-21)7-11-12(22-15)9-29-16(11)25/h1-2,7H,3-6,9H2,(H,23,26). The number of carbonyl (C=O) groups is 2. The number of nitrogens with one attached hydrogen (secondary N) is 1. The number of hydrogen-bond donors (Lipinski definition) is 1. The van der Waals surface area contributed by atoms with Crippen molar-refractivity contribution in [2.24, 2.45) is 0 Å². The average Bonchev–Trinajstić information content (AvgIpc) is 3.33. The lowest BCUT2D eigenvalue weighted by Gasteiger charge is -2.36. The fourth-order valence-electron chi connectivity index (χ4n) is 3.37. The minimum Gasteiger partial charge on any atom is -0.455 e. The van der Waals surface area contributed by atoms with Gasteiger partial charge in [-0.1, -0.05) is 11.6 Å². The molecule has 2 aromatic rings. The molecule has 1 saturated heterocycles. The molecule has 1 N–H and O–H groups in total. The van der Waals surface area contributed by atoms with Crippen molar-refractivity contribution in [3.63, 3.8) is 0 Å². The Morgan fingerprint density at radius 3 is 2.71 bits per heavy atom. The Morgan fingerprint density at radius 2 is 2.10 bits per heavy atom. The van der Waals surface area contributed by atoms with Gasteiger partial charge in [-0.15, -0.1) is 11.3 Å². The highest BCUT2D eigenvalue weighted by atomic mass is 35.5. The molecule has 2 aromatic heterocycles. The Bertz CT molecular complexity index is 1230. The van der Waals surface area contributed by atoms with Gasteiger partial charge in [-0.25, -0.2) is 27.3 Å². The van der Waals surface area contributed by atoms with E-state index >= 15 is 4.39 Å². The predicted octanol–water partition coefficient (Wildman–Crippen LogP) is 2.15. The van der Waals surface area contributed by atoms with Gasteiger partial charge >= 0.3 is 5.97 Å². The van der Waals surface area contributed by atoms with E-state index in [4.69, 9.17) is 16.3 Å². The molecule has 0 unspecified atom stereocenters. The highest BCUT2D eigenvalue weighted by Crippen LogP contribution is 2.33. The second kappa shape index (κ2) is 7.74. The summed E-state index contributed by atoms with van der Waals surface area (Å²) in [6.45, 7) is 0.0227. The van der Waals surface area contributed by atoms with Crippen molar-refractivity contribution in [2.75, 3.05) is 18.0 Å². The average molecular weight is 485 g/mol. The number of nitriles is 1. The van der Waals surface area contributed by atoms with E-state index in [1.165, 1.54) is 18.2 Å². The van der Waals surface area contributed by atoms with Gasteiger partial charge in [0.1, 0.15) is 22.7 Å². The number of thiophene rings is 1. The number of alkyl halides is 1. The van der Waals surface area contributed by atoms with E-state index in [1.54, 1.807) is 9.62 Å². The van der Waals surface area contributed by atoms with Gasteiger partial charge in [0.15, 0.2) is 5.67 Å². The fraction of sp³-hybridized carbons (Fsp3) is 0.333. The van der Waals surface area contributed by atoms with E-state index in [0.717, 1.165) is 11.3 Å². The number of fused-ring (bicyclic) bond motifs is 1. The Morgan fingerprint density at radius 1 is 1.39 bits per heavy atom. The zero-order valence-electron chi connectivity index (χ0n) is 15.7. The highest BCUT2D eigenvalue weighted by Gasteiger charge is 2.44. The molecule has 1 fully saturated rings. The lowest BCUT2D eigenvalue weighted by Crippen LogP contribution is -2.52. The van der Waals surface area contributed by atoms with Crippen LogP contribution in [0.15, 0.2) is 22.4 Å². The molecule has 0 aliphatic carbocycles. The molecule has 1 amide bonds. The molecule has 0 atom stereocenters. The number of sulfonamides is 1. The Kier molecular flexibility index (Phi) is 5.36. The van der Waals surface area contributed by atoms with Gasteiger partial charge in [-0.2, -0.15) is 5.26 Å². The van der Waals surface area contributed by atoms with Crippen molar-refractivity contribution in [3.05, 3.63) is 39.4 Å². The molecule has 2 aliphatic heterocycles. The first-order valence-electron chi connectivity index (χ1n) is 9.00. The van der Waals surface area contributed by atoms with E-state index in [1.807, 2.05) is 6.07 Å². The maximum atomic E-state index is 15.3. The lowest BCUT2D eigenvalue weighted by atomic mass is 9.92. The van der Waals surface area contributed by atoms with Crippen LogP contribution in [0.25, 0.3) is 0 Å². The minimum absolute atomic E-state index is 0.0131. The van der Waals surface area contributed by atoms with E-state index in [-0.39, 0.29) is 58.0 Å². The summed E-state index contributed by atoms with van der Waals surface area (Å²) in [4.78, 5) is 30.0. The number of ether oxygens (including phenoxy) is 1. The first kappa shape index (κ1) is 21.5. The second-order valence-corrected chi connectivity index (χ2v) is 10.6. The monoisotopic (exact) mass is 484 g/mol. The number of esters is 1. The molecular formula is C18H14ClFN4O5S2. The number of cyclic esters (lactones) is 1. The van der Waals surface area contributed by atoms with Gasteiger partial charge in [0.05, 0.1) is 21.2 Å². The van der Waals surface area contributed by atoms with Crippen LogP contribution >= 0.6 is 22.9 Å². The van der Waals surface area contributed by atoms with Gasteiger partial charge in [-0.05, 0) is 18.2 Å². The normalized spacial score (nSPS) is 17.6. The Hall–Kier alpha value is -2.75. The van der Waals surface area contributed by atoms with Crippen molar-refractivity contribution < 1.29 is 27.1 Å². The van der Waals surface area contributed by atoms with Gasteiger partial charge in [-0.3, -0.25) is 4.79 Å². The first-order valence-corrected chi connectivity index (χ1v) is 11.7. The smallest absolute Gasteiger partial charge is 0.340 e. The summed E-state index contributed by atoms with van der Waals surface area (Å²) in [5.41, 5.74) is -1.68. The molecule has 162 valence electrons. The van der Waals surface area contributed by atoms with Crippen LogP contribution in [0.1, 0.15) is 34.5 Å². The molecule has 0 saturated carbocycles. The number of halogens is 2. The molecular weight excluding hydrogens is 471 g/mol. The third-order valence-electron chi connectivity index (χ3n) is 5.06. The number of rotatable bonds is 4. The number of nitrogens with zero attached hydrogens (tertiary/aromatic N) is 3. The Balaban J connectivity index is 1.49. The van der Waals surface area contributed by atoms with Crippen LogP contribution in [-0.2, 0) is 26.2 Å². The van der Waals surface area contributed by atoms with Crippen LogP contribution in [0.4, 0.5) is 10.2 Å². The topological polar surface area (TPSA) is 129 Å². The van der Waals surface area contributed by atoms with Crippen LogP contribution in [0, 0.1) is 11.3 Å². The Labute approximate surface area is 185 Å². The quantitative estimate of drug-likeness (QED) is 0.653. The van der Waals surface area contributed by atoms with E-state index < -0.39 is 27.6 Å². The van der Waals surface area contributed by atoms with Crippen molar-refractivity contribution in [1.29, 1.82) is 5.26 Å². The van der Waals surface area contributed by atoms with Crippen LogP contribution in [-0.4, -0.2) is 44.0 Å². The molecule has 9 nitrogen and oxygen atoms in total. The number of amides is 1. The first-order chi connectivity index (χ1) is 14.6. The molecule has 0 radical (unpaired) electrons. The lowest BCUT2D eigenvalue weighted by molar-refractivity contribution is -0.132. The van der Waals surface area contributed by atoms with Crippen LogP contribution in [0.2, 0.25) is 4.34 Å². The minimum atomic E-state index is -4.23. The van der Waals surface area contributed by atoms with Crippen LogP contribution < -0.4 is 9.62 Å². The molecule has 0 bridgehead atoms. The third-order valence-corrected chi connectivity index (χ3v) is 8.12. The zero-order valence-corrected chi connectivity index (χ0v) is 18.1. The van der Waals surface area contributed by atoms with Crippen LogP contribution in [0.5, 0.6) is 0 Å². The summed E-state index contributed by atoms with van der Waals surface area (Å²) >= 11 is 6.48. The summed E-state index contributed by atoms with van der Waals surface area (Å²) in [5, 5.41) is 9.41. The van der Waals surface area contributed by atoms with Gasteiger partial charge in [0.25, 0.3) is 15.9 Å². The number of aromatic nitrogens is 1. The summed E-state index contributed by atoms with van der Waals surface area (Å²) in [7, 11) is -4.23. The largest absolute Gasteiger partial charge is 0.455 e. The summed E-state index contributed by atoms with van der Waals surface area (Å²) in [6, 6.07) is 5.94. The molecule has 4 rings (SSSR count).